The number of amides is 2. The molecule has 1 saturated heterocycles. The van der Waals surface area contributed by atoms with Gasteiger partial charge in [-0.05, 0) is 36.5 Å². The molecule has 2 aromatic rings. The first-order chi connectivity index (χ1) is 14.0. The Morgan fingerprint density at radius 1 is 1.10 bits per heavy atom. The van der Waals surface area contributed by atoms with Crippen LogP contribution in [0.3, 0.4) is 0 Å². The molecule has 1 atom stereocenters. The summed E-state index contributed by atoms with van der Waals surface area (Å²) in [6.45, 7) is 7.05. The Morgan fingerprint density at radius 2 is 1.86 bits per heavy atom. The van der Waals surface area contributed by atoms with Crippen LogP contribution >= 0.6 is 0 Å². The van der Waals surface area contributed by atoms with Crippen LogP contribution in [0.4, 0.5) is 0 Å². The van der Waals surface area contributed by atoms with Crippen LogP contribution in [0.5, 0.6) is 0 Å². The molecule has 1 aliphatic heterocycles. The van der Waals surface area contributed by atoms with Crippen LogP contribution in [0.2, 0.25) is 0 Å². The Kier molecular flexibility index (Phi) is 7.04. The van der Waals surface area contributed by atoms with Gasteiger partial charge in [-0.3, -0.25) is 14.5 Å². The largest absolute Gasteiger partial charge is 0.369 e. The predicted molar refractivity (Wildman–Crippen MR) is 116 cm³/mol. The molecule has 0 saturated carbocycles. The lowest BCUT2D eigenvalue weighted by molar-refractivity contribution is -0.134. The van der Waals surface area contributed by atoms with Gasteiger partial charge in [0.15, 0.2) is 0 Å². The first kappa shape index (κ1) is 21.1. The fourth-order valence-electron chi connectivity index (χ4n) is 4.06. The minimum absolute atomic E-state index is 0.159. The van der Waals surface area contributed by atoms with Crippen molar-refractivity contribution in [2.24, 2.45) is 11.7 Å². The van der Waals surface area contributed by atoms with E-state index in [0.29, 0.717) is 26.1 Å². The minimum atomic E-state index is -0.345. The fraction of sp³-hybridized carbons (Fsp3) is 0.417. The van der Waals surface area contributed by atoms with Crippen LogP contribution < -0.4 is 5.73 Å². The van der Waals surface area contributed by atoms with E-state index >= 15 is 0 Å². The van der Waals surface area contributed by atoms with Gasteiger partial charge < -0.3 is 10.6 Å². The quantitative estimate of drug-likeness (QED) is 0.787. The van der Waals surface area contributed by atoms with Crippen molar-refractivity contribution in [3.8, 4) is 11.1 Å². The molecule has 0 radical (unpaired) electrons. The van der Waals surface area contributed by atoms with Crippen LogP contribution in [0, 0.1) is 12.8 Å². The third-order valence-electron chi connectivity index (χ3n) is 5.49. The van der Waals surface area contributed by atoms with Gasteiger partial charge in [0.05, 0.1) is 12.5 Å². The molecular weight excluding hydrogens is 362 g/mol. The molecular formula is C24H31N3O2. The van der Waals surface area contributed by atoms with Crippen molar-refractivity contribution in [1.29, 1.82) is 0 Å². The maximum absolute atomic E-state index is 13.1. The van der Waals surface area contributed by atoms with Crippen molar-refractivity contribution in [2.75, 3.05) is 32.7 Å². The molecule has 3 rings (SSSR count). The van der Waals surface area contributed by atoms with E-state index in [-0.39, 0.29) is 24.3 Å². The molecule has 2 N–H and O–H groups in total. The Balaban J connectivity index is 1.76. The van der Waals surface area contributed by atoms with Gasteiger partial charge in [-0.15, -0.1) is 0 Å². The van der Waals surface area contributed by atoms with Gasteiger partial charge in [0, 0.05) is 26.2 Å². The van der Waals surface area contributed by atoms with Crippen LogP contribution in [-0.4, -0.2) is 54.3 Å². The van der Waals surface area contributed by atoms with Crippen molar-refractivity contribution >= 4 is 11.8 Å². The molecule has 1 heterocycles. The summed E-state index contributed by atoms with van der Waals surface area (Å²) in [5.41, 5.74) is 10.1. The molecule has 29 heavy (non-hydrogen) atoms. The smallest absolute Gasteiger partial charge is 0.231 e. The van der Waals surface area contributed by atoms with Gasteiger partial charge in [0.25, 0.3) is 0 Å². The molecule has 2 amide bonds. The van der Waals surface area contributed by atoms with E-state index in [4.69, 9.17) is 5.73 Å². The number of benzene rings is 2. The highest BCUT2D eigenvalue weighted by atomic mass is 16.2. The summed E-state index contributed by atoms with van der Waals surface area (Å²) in [5.74, 6) is -0.322. The Labute approximate surface area is 173 Å². The molecule has 2 aromatic carbocycles. The zero-order valence-corrected chi connectivity index (χ0v) is 17.4. The van der Waals surface area contributed by atoms with Crippen molar-refractivity contribution < 1.29 is 9.59 Å². The number of hydrogen-bond donors (Lipinski definition) is 1. The Bertz CT molecular complexity index is 847. The molecule has 0 bridgehead atoms. The molecule has 1 aliphatic rings. The normalized spacial score (nSPS) is 17.9. The summed E-state index contributed by atoms with van der Waals surface area (Å²) in [6, 6.07) is 16.9. The number of aryl methyl sites for hydroxylation is 1. The molecule has 5 nitrogen and oxygen atoms in total. The van der Waals surface area contributed by atoms with E-state index in [1.807, 2.05) is 9.80 Å². The van der Waals surface area contributed by atoms with Gasteiger partial charge in [-0.2, -0.15) is 0 Å². The first-order valence-electron chi connectivity index (χ1n) is 10.4. The predicted octanol–water partition coefficient (Wildman–Crippen LogP) is 2.86. The van der Waals surface area contributed by atoms with Crippen LogP contribution in [0.25, 0.3) is 11.1 Å². The lowest BCUT2D eigenvalue weighted by atomic mass is 9.95. The second kappa shape index (κ2) is 9.70. The van der Waals surface area contributed by atoms with Crippen LogP contribution in [0.15, 0.2) is 48.5 Å². The van der Waals surface area contributed by atoms with Crippen LogP contribution in [-0.2, 0) is 16.0 Å². The third kappa shape index (κ3) is 5.67. The number of nitrogens with zero attached hydrogens (tertiary/aromatic N) is 2. The van der Waals surface area contributed by atoms with Crippen molar-refractivity contribution in [1.82, 2.24) is 9.80 Å². The highest BCUT2D eigenvalue weighted by Crippen LogP contribution is 2.23. The molecule has 0 aliphatic carbocycles. The van der Waals surface area contributed by atoms with E-state index in [1.165, 1.54) is 16.7 Å². The summed E-state index contributed by atoms with van der Waals surface area (Å²) < 4.78 is 0. The standard InChI is InChI=1S/C24H31N3O2/c1-3-11-27-13-12-26(17-23(25)28)16-22(24(27)29)15-19-7-9-20(10-8-19)21-6-4-5-18(2)14-21/h4-10,14,22H,3,11-13,15-17H2,1-2H3,(H2,25,28)/t22-/m0/s1. The summed E-state index contributed by atoms with van der Waals surface area (Å²) in [6.07, 6.45) is 1.60. The zero-order valence-electron chi connectivity index (χ0n) is 17.4. The number of nitrogens with two attached hydrogens (primary N) is 1. The third-order valence-corrected chi connectivity index (χ3v) is 5.49. The van der Waals surface area contributed by atoms with E-state index in [2.05, 4.69) is 62.4 Å². The molecule has 0 unspecified atom stereocenters. The maximum atomic E-state index is 13.1. The van der Waals surface area contributed by atoms with E-state index in [1.54, 1.807) is 0 Å². The Morgan fingerprint density at radius 3 is 2.52 bits per heavy atom. The van der Waals surface area contributed by atoms with Gasteiger partial charge in [0.1, 0.15) is 0 Å². The zero-order chi connectivity index (χ0) is 20.8. The first-order valence-corrected chi connectivity index (χ1v) is 10.4. The SMILES string of the molecule is CCCN1CCN(CC(N)=O)C[C@H](Cc2ccc(-c3cccc(C)c3)cc2)C1=O. The van der Waals surface area contributed by atoms with Crippen molar-refractivity contribution in [2.45, 2.75) is 26.7 Å². The maximum Gasteiger partial charge on any atom is 0.231 e. The average molecular weight is 394 g/mol. The van der Waals surface area contributed by atoms with Gasteiger partial charge >= 0.3 is 0 Å². The minimum Gasteiger partial charge on any atom is -0.369 e. The van der Waals surface area contributed by atoms with Gasteiger partial charge in [-0.1, -0.05) is 61.0 Å². The van der Waals surface area contributed by atoms with E-state index in [0.717, 1.165) is 18.5 Å². The van der Waals surface area contributed by atoms with Crippen LogP contribution in [0.1, 0.15) is 24.5 Å². The highest BCUT2D eigenvalue weighted by molar-refractivity contribution is 5.80. The number of primary amides is 1. The highest BCUT2D eigenvalue weighted by Gasteiger charge is 2.30. The van der Waals surface area contributed by atoms with Gasteiger partial charge in [-0.25, -0.2) is 0 Å². The molecule has 154 valence electrons. The van der Waals surface area contributed by atoms with Gasteiger partial charge in [0.2, 0.25) is 11.8 Å². The molecule has 0 aromatic heterocycles. The second-order valence-electron chi connectivity index (χ2n) is 7.99. The number of rotatable bonds is 7. The van der Waals surface area contributed by atoms with Crippen molar-refractivity contribution in [3.05, 3.63) is 59.7 Å². The van der Waals surface area contributed by atoms with E-state index < -0.39 is 0 Å². The second-order valence-corrected chi connectivity index (χ2v) is 7.99. The number of carbonyl (C=O) groups is 2. The summed E-state index contributed by atoms with van der Waals surface area (Å²) >= 11 is 0. The molecule has 1 fully saturated rings. The lowest BCUT2D eigenvalue weighted by Crippen LogP contribution is -2.38. The van der Waals surface area contributed by atoms with Crippen molar-refractivity contribution in [3.63, 3.8) is 0 Å². The topological polar surface area (TPSA) is 66.6 Å². The monoisotopic (exact) mass is 393 g/mol. The summed E-state index contributed by atoms with van der Waals surface area (Å²) in [5, 5.41) is 0. The lowest BCUT2D eigenvalue weighted by Gasteiger charge is -2.23. The number of carbonyl (C=O) groups excluding carboxylic acids is 2. The average Bonchev–Trinajstić information content (AvgIpc) is 2.82. The Hall–Kier alpha value is -2.66. The number of hydrogen-bond acceptors (Lipinski definition) is 3. The fourth-order valence-corrected chi connectivity index (χ4v) is 4.06. The summed E-state index contributed by atoms with van der Waals surface area (Å²) in [4.78, 5) is 28.4. The molecule has 0 spiro atoms. The molecule has 5 heteroatoms. The summed E-state index contributed by atoms with van der Waals surface area (Å²) in [7, 11) is 0. The van der Waals surface area contributed by atoms with E-state index in [9.17, 15) is 9.59 Å².